The summed E-state index contributed by atoms with van der Waals surface area (Å²) < 4.78 is 5.36. The number of aryl methyl sites for hydroxylation is 1. The monoisotopic (exact) mass is 296 g/mol. The fourth-order valence-electron chi connectivity index (χ4n) is 2.38. The van der Waals surface area contributed by atoms with Gasteiger partial charge in [0.15, 0.2) is 5.78 Å². The van der Waals surface area contributed by atoms with Crippen LogP contribution in [0.5, 0.6) is 0 Å². The number of carbonyl (C=O) groups excluding carboxylic acids is 2. The Balaban J connectivity index is 1.91. The number of fused-ring (bicyclic) bond motifs is 2. The Labute approximate surface area is 123 Å². The average molecular weight is 296 g/mol. The van der Waals surface area contributed by atoms with Crippen molar-refractivity contribution < 1.29 is 14.0 Å². The molecule has 2 heterocycles. The second kappa shape index (κ2) is 4.20. The van der Waals surface area contributed by atoms with Gasteiger partial charge in [0.25, 0.3) is 5.89 Å². The van der Waals surface area contributed by atoms with Gasteiger partial charge < -0.3 is 4.42 Å². The van der Waals surface area contributed by atoms with Crippen molar-refractivity contribution in [2.75, 3.05) is 0 Å². The molecular formula is C15H8N2O3S. The van der Waals surface area contributed by atoms with Crippen LogP contribution in [-0.2, 0) is 0 Å². The number of hydrogen-bond acceptors (Lipinski definition) is 6. The molecule has 0 radical (unpaired) electrons. The molecule has 0 saturated heterocycles. The van der Waals surface area contributed by atoms with Crippen molar-refractivity contribution >= 4 is 22.9 Å². The molecule has 3 aromatic rings. The van der Waals surface area contributed by atoms with Gasteiger partial charge in [0.2, 0.25) is 11.7 Å². The topological polar surface area (TPSA) is 73.1 Å². The summed E-state index contributed by atoms with van der Waals surface area (Å²) in [6.45, 7) is 1.69. The number of ketones is 2. The highest BCUT2D eigenvalue weighted by atomic mass is 32.1. The van der Waals surface area contributed by atoms with Crippen LogP contribution in [0.4, 0.5) is 0 Å². The van der Waals surface area contributed by atoms with E-state index < -0.39 is 0 Å². The molecule has 102 valence electrons. The van der Waals surface area contributed by atoms with Gasteiger partial charge in [-0.25, -0.2) is 0 Å². The van der Waals surface area contributed by atoms with Gasteiger partial charge in [0.1, 0.15) is 0 Å². The van der Waals surface area contributed by atoms with E-state index >= 15 is 0 Å². The van der Waals surface area contributed by atoms with Gasteiger partial charge in [-0.1, -0.05) is 24.3 Å². The molecule has 1 aromatic carbocycles. The molecule has 4 rings (SSSR count). The molecule has 0 spiro atoms. The van der Waals surface area contributed by atoms with Crippen molar-refractivity contribution in [3.8, 4) is 10.8 Å². The van der Waals surface area contributed by atoms with Gasteiger partial charge in [0, 0.05) is 23.6 Å². The smallest absolute Gasteiger partial charge is 0.257 e. The second-order valence-electron chi connectivity index (χ2n) is 4.68. The maximum Gasteiger partial charge on any atom is 0.257 e. The highest BCUT2D eigenvalue weighted by Gasteiger charge is 2.32. The van der Waals surface area contributed by atoms with Crippen LogP contribution in [0.25, 0.3) is 10.8 Å². The Morgan fingerprint density at radius 3 is 2.38 bits per heavy atom. The van der Waals surface area contributed by atoms with E-state index in [4.69, 9.17) is 4.42 Å². The molecule has 0 aliphatic heterocycles. The predicted octanol–water partition coefficient (Wildman–Crippen LogP) is 2.88. The number of rotatable bonds is 1. The summed E-state index contributed by atoms with van der Waals surface area (Å²) >= 11 is 1.21. The highest BCUT2D eigenvalue weighted by molar-refractivity contribution is 7.18. The second-order valence-corrected chi connectivity index (χ2v) is 5.74. The summed E-state index contributed by atoms with van der Waals surface area (Å²) in [6.07, 6.45) is 0. The summed E-state index contributed by atoms with van der Waals surface area (Å²) in [4.78, 5) is 26.1. The van der Waals surface area contributed by atoms with Crippen molar-refractivity contribution in [3.63, 3.8) is 0 Å². The minimum Gasteiger partial charge on any atom is -0.420 e. The third-order valence-corrected chi connectivity index (χ3v) is 4.46. The zero-order chi connectivity index (χ0) is 14.6. The van der Waals surface area contributed by atoms with Crippen LogP contribution in [0.2, 0.25) is 0 Å². The van der Waals surface area contributed by atoms with Crippen molar-refractivity contribution in [2.24, 2.45) is 0 Å². The number of aromatic nitrogens is 2. The third kappa shape index (κ3) is 1.69. The SMILES string of the molecule is Cc1nnc(-c2cc3c(s2)C(=O)c2ccccc2C3=O)o1. The molecular weight excluding hydrogens is 288 g/mol. The molecule has 0 saturated carbocycles. The lowest BCUT2D eigenvalue weighted by atomic mass is 9.89. The van der Waals surface area contributed by atoms with Crippen LogP contribution in [0.15, 0.2) is 34.7 Å². The van der Waals surface area contributed by atoms with Crippen LogP contribution in [0, 0.1) is 6.92 Å². The quantitative estimate of drug-likeness (QED) is 0.540. The van der Waals surface area contributed by atoms with Crippen LogP contribution in [-0.4, -0.2) is 21.8 Å². The Morgan fingerprint density at radius 2 is 1.71 bits per heavy atom. The van der Waals surface area contributed by atoms with Gasteiger partial charge in [-0.2, -0.15) is 0 Å². The van der Waals surface area contributed by atoms with Crippen LogP contribution < -0.4 is 0 Å². The number of nitrogens with zero attached hydrogens (tertiary/aromatic N) is 2. The van der Waals surface area contributed by atoms with E-state index in [-0.39, 0.29) is 11.6 Å². The molecule has 0 unspecified atom stereocenters. The Hall–Kier alpha value is -2.60. The predicted molar refractivity (Wildman–Crippen MR) is 75.7 cm³/mol. The molecule has 0 N–H and O–H groups in total. The summed E-state index contributed by atoms with van der Waals surface area (Å²) in [5.41, 5.74) is 1.31. The average Bonchev–Trinajstić information content (AvgIpc) is 3.11. The van der Waals surface area contributed by atoms with Gasteiger partial charge in [0.05, 0.1) is 9.75 Å². The zero-order valence-electron chi connectivity index (χ0n) is 10.9. The molecule has 1 aliphatic carbocycles. The summed E-state index contributed by atoms with van der Waals surface area (Å²) in [6, 6.07) is 8.51. The fraction of sp³-hybridized carbons (Fsp3) is 0.0667. The lowest BCUT2D eigenvalue weighted by Crippen LogP contribution is -2.18. The molecule has 1 aliphatic rings. The van der Waals surface area contributed by atoms with E-state index in [0.717, 1.165) is 0 Å². The van der Waals surface area contributed by atoms with E-state index in [1.165, 1.54) is 11.3 Å². The van der Waals surface area contributed by atoms with Gasteiger partial charge >= 0.3 is 0 Å². The molecule has 0 bridgehead atoms. The molecule has 0 fully saturated rings. The standard InChI is InChI=1S/C15H8N2O3S/c1-7-16-17-15(20-7)11-6-10-12(18)8-4-2-3-5-9(8)13(19)14(10)21-11/h2-6H,1H3. The van der Waals surface area contributed by atoms with Gasteiger partial charge in [-0.3, -0.25) is 9.59 Å². The van der Waals surface area contributed by atoms with E-state index in [1.807, 2.05) is 0 Å². The van der Waals surface area contributed by atoms with Crippen molar-refractivity contribution in [1.29, 1.82) is 0 Å². The van der Waals surface area contributed by atoms with Gasteiger partial charge in [-0.15, -0.1) is 21.5 Å². The first kappa shape index (κ1) is 12.2. The van der Waals surface area contributed by atoms with Gasteiger partial charge in [-0.05, 0) is 6.07 Å². The molecule has 2 aromatic heterocycles. The molecule has 21 heavy (non-hydrogen) atoms. The van der Waals surface area contributed by atoms with E-state index in [0.29, 0.717) is 38.2 Å². The number of hydrogen-bond donors (Lipinski definition) is 0. The first-order valence-electron chi connectivity index (χ1n) is 6.28. The Morgan fingerprint density at radius 1 is 1.00 bits per heavy atom. The molecule has 0 amide bonds. The maximum atomic E-state index is 12.5. The molecule has 0 atom stereocenters. The van der Waals surface area contributed by atoms with E-state index in [9.17, 15) is 9.59 Å². The van der Waals surface area contributed by atoms with Crippen molar-refractivity contribution in [3.05, 3.63) is 57.8 Å². The van der Waals surface area contributed by atoms with Crippen LogP contribution in [0.3, 0.4) is 0 Å². The van der Waals surface area contributed by atoms with E-state index in [1.54, 1.807) is 37.3 Å². The first-order valence-corrected chi connectivity index (χ1v) is 7.09. The number of benzene rings is 1. The minimum absolute atomic E-state index is 0.132. The highest BCUT2D eigenvalue weighted by Crippen LogP contribution is 2.37. The van der Waals surface area contributed by atoms with E-state index in [2.05, 4.69) is 10.2 Å². The molecule has 6 heteroatoms. The van der Waals surface area contributed by atoms with Crippen molar-refractivity contribution in [1.82, 2.24) is 10.2 Å². The summed E-state index contributed by atoms with van der Waals surface area (Å²) in [7, 11) is 0. The Kier molecular flexibility index (Phi) is 2.43. The maximum absolute atomic E-state index is 12.5. The number of carbonyl (C=O) groups is 2. The number of thiophene rings is 1. The minimum atomic E-state index is -0.140. The first-order chi connectivity index (χ1) is 10.1. The van der Waals surface area contributed by atoms with Crippen molar-refractivity contribution in [2.45, 2.75) is 6.92 Å². The van der Waals surface area contributed by atoms with Crippen LogP contribution in [0.1, 0.15) is 37.0 Å². The lowest BCUT2D eigenvalue weighted by molar-refractivity contribution is 0.0982. The Bertz CT molecular complexity index is 855. The normalized spacial score (nSPS) is 13.2. The van der Waals surface area contributed by atoms with Crippen LogP contribution >= 0.6 is 11.3 Å². The summed E-state index contributed by atoms with van der Waals surface area (Å²) in [5.74, 6) is 0.500. The molecule has 5 nitrogen and oxygen atoms in total. The third-order valence-electron chi connectivity index (χ3n) is 3.34. The zero-order valence-corrected chi connectivity index (χ0v) is 11.7. The lowest BCUT2D eigenvalue weighted by Gasteiger charge is -2.12. The fourth-order valence-corrected chi connectivity index (χ4v) is 3.41. The largest absolute Gasteiger partial charge is 0.420 e. The summed E-state index contributed by atoms with van der Waals surface area (Å²) in [5, 5.41) is 7.70.